The number of rotatable bonds is 5. The number of nitrogens with zero attached hydrogens (tertiary/aromatic N) is 8. The highest BCUT2D eigenvalue weighted by atomic mass is 19.3. The minimum absolute atomic E-state index is 0.0654. The summed E-state index contributed by atoms with van der Waals surface area (Å²) >= 11 is 0. The molecule has 10 nitrogen and oxygen atoms in total. The lowest BCUT2D eigenvalue weighted by atomic mass is 10.3. The lowest BCUT2D eigenvalue weighted by molar-refractivity contribution is 0.122. The number of morpholine rings is 1. The highest BCUT2D eigenvalue weighted by Gasteiger charge is 2.27. The van der Waals surface area contributed by atoms with Crippen molar-refractivity contribution in [2.75, 3.05) is 38.3 Å². The van der Waals surface area contributed by atoms with Gasteiger partial charge < -0.3 is 14.4 Å². The van der Waals surface area contributed by atoms with E-state index in [9.17, 15) is 8.78 Å². The van der Waals surface area contributed by atoms with Gasteiger partial charge in [0.1, 0.15) is 17.6 Å². The zero-order valence-electron chi connectivity index (χ0n) is 18.7. The van der Waals surface area contributed by atoms with Crippen molar-refractivity contribution in [1.82, 2.24) is 34.1 Å². The van der Waals surface area contributed by atoms with Crippen LogP contribution in [0, 0.1) is 0 Å². The van der Waals surface area contributed by atoms with Crippen molar-refractivity contribution < 1.29 is 18.3 Å². The van der Waals surface area contributed by atoms with Crippen LogP contribution in [0.4, 0.5) is 14.6 Å². The van der Waals surface area contributed by atoms with E-state index in [2.05, 4.69) is 15.0 Å². The summed E-state index contributed by atoms with van der Waals surface area (Å²) in [5.41, 5.74) is 2.48. The molecule has 1 aromatic carbocycles. The number of halogens is 2. The molecule has 0 bridgehead atoms. The molecule has 0 amide bonds. The average Bonchev–Trinajstić information content (AvgIpc) is 3.51. The van der Waals surface area contributed by atoms with Crippen molar-refractivity contribution in [3.63, 3.8) is 0 Å². The van der Waals surface area contributed by atoms with Gasteiger partial charge in [-0.05, 0) is 24.3 Å². The maximum atomic E-state index is 14.2. The number of fused-ring (bicyclic) bond motifs is 2. The van der Waals surface area contributed by atoms with Crippen LogP contribution in [-0.4, -0.2) is 67.5 Å². The third kappa shape index (κ3) is 3.53. The second-order valence-electron chi connectivity index (χ2n) is 7.88. The fraction of sp³-hybridized carbons (Fsp3) is 0.261. The largest absolute Gasteiger partial charge is 0.494 e. The van der Waals surface area contributed by atoms with Crippen LogP contribution in [-0.2, 0) is 4.74 Å². The van der Waals surface area contributed by atoms with Crippen molar-refractivity contribution in [1.29, 1.82) is 0 Å². The number of alkyl halides is 2. The van der Waals surface area contributed by atoms with Crippen LogP contribution in [0.1, 0.15) is 12.2 Å². The van der Waals surface area contributed by atoms with Crippen LogP contribution in [0.3, 0.4) is 0 Å². The summed E-state index contributed by atoms with van der Waals surface area (Å²) in [7, 11) is 1.47. The molecule has 12 heteroatoms. The molecule has 0 N–H and O–H groups in total. The van der Waals surface area contributed by atoms with E-state index >= 15 is 0 Å². The van der Waals surface area contributed by atoms with Crippen molar-refractivity contribution in [3.8, 4) is 17.4 Å². The number of pyridine rings is 1. The number of benzene rings is 1. The molecule has 1 saturated heterocycles. The van der Waals surface area contributed by atoms with Gasteiger partial charge in [0.05, 0.1) is 37.7 Å². The Morgan fingerprint density at radius 1 is 1.03 bits per heavy atom. The lowest BCUT2D eigenvalue weighted by Crippen LogP contribution is -2.37. The normalized spacial score (nSPS) is 14.3. The summed E-state index contributed by atoms with van der Waals surface area (Å²) < 4.78 is 42.3. The lowest BCUT2D eigenvalue weighted by Gasteiger charge is -2.28. The predicted octanol–water partition coefficient (Wildman–Crippen LogP) is 3.33. The Morgan fingerprint density at radius 3 is 2.63 bits per heavy atom. The summed E-state index contributed by atoms with van der Waals surface area (Å²) in [5, 5.41) is 0. The predicted molar refractivity (Wildman–Crippen MR) is 124 cm³/mol. The van der Waals surface area contributed by atoms with E-state index in [4.69, 9.17) is 19.4 Å². The number of ether oxygens (including phenoxy) is 2. The number of para-hydroxylation sites is 1. The maximum Gasteiger partial charge on any atom is 0.296 e. The monoisotopic (exact) mass is 478 g/mol. The minimum Gasteiger partial charge on any atom is -0.494 e. The summed E-state index contributed by atoms with van der Waals surface area (Å²) in [6.45, 7) is 2.23. The molecule has 35 heavy (non-hydrogen) atoms. The molecule has 5 aromatic rings. The molecule has 1 aliphatic rings. The molecule has 0 saturated carbocycles. The van der Waals surface area contributed by atoms with Gasteiger partial charge in [-0.3, -0.25) is 14.1 Å². The van der Waals surface area contributed by atoms with Gasteiger partial charge in [0, 0.05) is 19.3 Å². The van der Waals surface area contributed by atoms with Gasteiger partial charge in [-0.1, -0.05) is 6.07 Å². The quantitative estimate of drug-likeness (QED) is 0.380. The van der Waals surface area contributed by atoms with E-state index in [1.54, 1.807) is 47.6 Å². The van der Waals surface area contributed by atoms with Crippen molar-refractivity contribution in [2.24, 2.45) is 0 Å². The van der Waals surface area contributed by atoms with E-state index in [0.29, 0.717) is 60.1 Å². The Bertz CT molecular complexity index is 1510. The molecular formula is C23H20F2N8O2. The first kappa shape index (κ1) is 21.4. The molecule has 0 atom stereocenters. The SMILES string of the molecule is COc1cccc2c1nc(C(F)F)n2-c1nc(N2CCOCC2)c2ncn(-c3cccnc3)c2n1. The average molecular weight is 478 g/mol. The first-order valence-electron chi connectivity index (χ1n) is 11.0. The van der Waals surface area contributed by atoms with Gasteiger partial charge in [-0.2, -0.15) is 9.97 Å². The maximum absolute atomic E-state index is 14.2. The van der Waals surface area contributed by atoms with Crippen LogP contribution in [0.25, 0.3) is 33.8 Å². The Hall–Kier alpha value is -4.19. The molecule has 0 radical (unpaired) electrons. The Kier molecular flexibility index (Phi) is 5.21. The molecule has 0 spiro atoms. The first-order valence-corrected chi connectivity index (χ1v) is 11.0. The van der Waals surface area contributed by atoms with Gasteiger partial charge >= 0.3 is 0 Å². The number of hydrogen-bond acceptors (Lipinski definition) is 8. The second-order valence-corrected chi connectivity index (χ2v) is 7.88. The summed E-state index contributed by atoms with van der Waals surface area (Å²) in [4.78, 5) is 24.4. The summed E-state index contributed by atoms with van der Waals surface area (Å²) in [6.07, 6.45) is 2.12. The third-order valence-corrected chi connectivity index (χ3v) is 5.89. The highest BCUT2D eigenvalue weighted by Crippen LogP contribution is 2.33. The van der Waals surface area contributed by atoms with Gasteiger partial charge in [0.2, 0.25) is 5.95 Å². The molecule has 1 aliphatic heterocycles. The molecule has 0 aliphatic carbocycles. The Labute approximate surface area is 197 Å². The van der Waals surface area contributed by atoms with Crippen LogP contribution < -0.4 is 9.64 Å². The fourth-order valence-corrected chi connectivity index (χ4v) is 4.27. The molecule has 1 fully saturated rings. The number of anilines is 1. The molecular weight excluding hydrogens is 458 g/mol. The van der Waals surface area contributed by atoms with Crippen molar-refractivity contribution >= 4 is 28.0 Å². The van der Waals surface area contributed by atoms with Gasteiger partial charge in [0.15, 0.2) is 22.8 Å². The van der Waals surface area contributed by atoms with E-state index in [1.165, 1.54) is 11.7 Å². The van der Waals surface area contributed by atoms with Crippen molar-refractivity contribution in [3.05, 3.63) is 54.9 Å². The third-order valence-electron chi connectivity index (χ3n) is 5.89. The topological polar surface area (TPSA) is 96.0 Å². The number of aromatic nitrogens is 7. The molecule has 6 rings (SSSR count). The highest BCUT2D eigenvalue weighted by molar-refractivity contribution is 5.87. The van der Waals surface area contributed by atoms with Crippen LogP contribution >= 0.6 is 0 Å². The van der Waals surface area contributed by atoms with Crippen LogP contribution in [0.15, 0.2) is 49.1 Å². The van der Waals surface area contributed by atoms with E-state index in [1.807, 2.05) is 11.0 Å². The van der Waals surface area contributed by atoms with Gasteiger partial charge in [-0.15, -0.1) is 0 Å². The van der Waals surface area contributed by atoms with E-state index in [-0.39, 0.29) is 5.95 Å². The minimum atomic E-state index is -2.86. The number of hydrogen-bond donors (Lipinski definition) is 0. The number of imidazole rings is 2. The molecule has 178 valence electrons. The van der Waals surface area contributed by atoms with E-state index in [0.717, 1.165) is 5.69 Å². The molecule has 5 heterocycles. The van der Waals surface area contributed by atoms with Crippen LogP contribution in [0.2, 0.25) is 0 Å². The van der Waals surface area contributed by atoms with Crippen LogP contribution in [0.5, 0.6) is 5.75 Å². The van der Waals surface area contributed by atoms with Gasteiger partial charge in [-0.25, -0.2) is 18.7 Å². The standard InChI is InChI=1S/C23H20F2N8O2/c1-34-16-6-2-5-15-17(16)28-22(19(24)25)33(15)23-29-20(31-8-10-35-11-9-31)18-21(30-23)32(13-27-18)14-4-3-7-26-12-14/h2-7,12-13,19H,8-11H2,1H3. The Morgan fingerprint density at radius 2 is 1.89 bits per heavy atom. The summed E-state index contributed by atoms with van der Waals surface area (Å²) in [5.74, 6) is 0.527. The van der Waals surface area contributed by atoms with E-state index < -0.39 is 12.2 Å². The number of methoxy groups -OCH3 is 1. The zero-order valence-corrected chi connectivity index (χ0v) is 18.7. The first-order chi connectivity index (χ1) is 17.2. The van der Waals surface area contributed by atoms with Gasteiger partial charge in [0.25, 0.3) is 6.43 Å². The molecule has 0 unspecified atom stereocenters. The Balaban J connectivity index is 1.66. The summed E-state index contributed by atoms with van der Waals surface area (Å²) in [6, 6.07) is 8.76. The molecule has 4 aromatic heterocycles. The van der Waals surface area contributed by atoms with Crippen molar-refractivity contribution in [2.45, 2.75) is 6.43 Å². The fourth-order valence-electron chi connectivity index (χ4n) is 4.27. The smallest absolute Gasteiger partial charge is 0.296 e. The second kappa shape index (κ2) is 8.55. The zero-order chi connectivity index (χ0) is 23.9.